The van der Waals surface area contributed by atoms with Crippen LogP contribution in [0.3, 0.4) is 0 Å². The van der Waals surface area contributed by atoms with Crippen LogP contribution in [-0.2, 0) is 13.6 Å². The van der Waals surface area contributed by atoms with Crippen molar-refractivity contribution in [3.63, 3.8) is 0 Å². The molecular formula is C28H61O4P2+. The Bertz CT molecular complexity index is 480. The molecule has 1 N–H and O–H groups in total. The Labute approximate surface area is 214 Å². The topological polar surface area (TPSA) is 55.8 Å². The predicted octanol–water partition coefficient (Wildman–Crippen LogP) is 10.2. The maximum atomic E-state index is 12.6. The van der Waals surface area contributed by atoms with E-state index < -0.39 is 15.1 Å². The molecular weight excluding hydrogens is 462 g/mol. The Morgan fingerprint density at radius 3 is 1.41 bits per heavy atom. The van der Waals surface area contributed by atoms with E-state index in [2.05, 4.69) is 33.8 Å². The van der Waals surface area contributed by atoms with E-state index in [1.54, 1.807) is 0 Å². The second-order valence-electron chi connectivity index (χ2n) is 11.3. The van der Waals surface area contributed by atoms with Crippen molar-refractivity contribution in [1.29, 1.82) is 0 Å². The monoisotopic (exact) mass is 523 g/mol. The average molecular weight is 524 g/mol. The standard InChI is InChI=1S/C28H60O4P2/c1-6-8-10-12-14-15-16-18-20-22-25-28(24-21-19-17-13-11-9-7-2)32-34(29,30)31-26-23-27-33(3,4)5/h28H,6-27H2,1-5H3/p+1. The van der Waals surface area contributed by atoms with Gasteiger partial charge in [0.2, 0.25) is 0 Å². The highest BCUT2D eigenvalue weighted by molar-refractivity contribution is 7.73. The predicted molar refractivity (Wildman–Crippen MR) is 154 cm³/mol. The SMILES string of the molecule is CCCCCCCCCCCCC(CCCCCCCCC)OP(=O)(O)OCCC[P+](C)(C)C. The Morgan fingerprint density at radius 2 is 1.03 bits per heavy atom. The van der Waals surface area contributed by atoms with Crippen molar-refractivity contribution < 1.29 is 18.5 Å². The van der Waals surface area contributed by atoms with Crippen LogP contribution in [0.1, 0.15) is 142 Å². The summed E-state index contributed by atoms with van der Waals surface area (Å²) >= 11 is 0. The van der Waals surface area contributed by atoms with E-state index in [0.29, 0.717) is 6.61 Å². The molecule has 0 aliphatic carbocycles. The largest absolute Gasteiger partial charge is 0.472 e. The molecule has 206 valence electrons. The summed E-state index contributed by atoms with van der Waals surface area (Å²) in [6, 6.07) is 0. The smallest absolute Gasteiger partial charge is 0.302 e. The number of phosphoric ester groups is 1. The molecule has 0 saturated heterocycles. The highest BCUT2D eigenvalue weighted by Gasteiger charge is 2.27. The first-order valence-electron chi connectivity index (χ1n) is 14.7. The number of hydrogen-bond acceptors (Lipinski definition) is 3. The molecule has 0 spiro atoms. The zero-order chi connectivity index (χ0) is 25.5. The van der Waals surface area contributed by atoms with Crippen molar-refractivity contribution in [3.8, 4) is 0 Å². The van der Waals surface area contributed by atoms with Crippen molar-refractivity contribution in [2.24, 2.45) is 0 Å². The molecule has 0 fully saturated rings. The van der Waals surface area contributed by atoms with Gasteiger partial charge in [0.05, 0.1) is 18.9 Å². The molecule has 0 rings (SSSR count). The third-order valence-electron chi connectivity index (χ3n) is 6.52. The highest BCUT2D eigenvalue weighted by Crippen LogP contribution is 2.49. The minimum atomic E-state index is -3.97. The lowest BCUT2D eigenvalue weighted by Crippen LogP contribution is -2.13. The lowest BCUT2D eigenvalue weighted by Gasteiger charge is -2.21. The van der Waals surface area contributed by atoms with E-state index in [-0.39, 0.29) is 6.10 Å². The minimum Gasteiger partial charge on any atom is -0.302 e. The molecule has 2 unspecified atom stereocenters. The summed E-state index contributed by atoms with van der Waals surface area (Å²) in [5, 5.41) is 0. The third-order valence-corrected chi connectivity index (χ3v) is 9.25. The summed E-state index contributed by atoms with van der Waals surface area (Å²) in [6.07, 6.45) is 25.2. The fourth-order valence-corrected chi connectivity index (χ4v) is 6.46. The van der Waals surface area contributed by atoms with Gasteiger partial charge in [-0.05, 0) is 12.8 Å². The van der Waals surface area contributed by atoms with Gasteiger partial charge in [-0.25, -0.2) is 4.57 Å². The third kappa shape index (κ3) is 25.6. The number of hydrogen-bond donors (Lipinski definition) is 1. The molecule has 0 aromatic heterocycles. The molecule has 6 heteroatoms. The quantitative estimate of drug-likeness (QED) is 0.0905. The Morgan fingerprint density at radius 1 is 0.647 bits per heavy atom. The van der Waals surface area contributed by atoms with Crippen molar-refractivity contribution in [2.75, 3.05) is 32.8 Å². The number of unbranched alkanes of at least 4 members (excludes halogenated alkanes) is 15. The molecule has 0 aromatic carbocycles. The Balaban J connectivity index is 4.25. The van der Waals surface area contributed by atoms with E-state index >= 15 is 0 Å². The molecule has 0 aliphatic rings. The molecule has 4 nitrogen and oxygen atoms in total. The first-order chi connectivity index (χ1) is 16.2. The van der Waals surface area contributed by atoms with Crippen LogP contribution >= 0.6 is 15.1 Å². The maximum Gasteiger partial charge on any atom is 0.472 e. The molecule has 34 heavy (non-hydrogen) atoms. The molecule has 0 heterocycles. The van der Waals surface area contributed by atoms with Crippen LogP contribution in [-0.4, -0.2) is 43.8 Å². The lowest BCUT2D eigenvalue weighted by atomic mass is 10.0. The molecule has 2 atom stereocenters. The van der Waals surface area contributed by atoms with Crippen LogP contribution in [0.15, 0.2) is 0 Å². The zero-order valence-electron chi connectivity index (χ0n) is 23.7. The molecule has 0 aliphatic heterocycles. The van der Waals surface area contributed by atoms with Gasteiger partial charge in [-0.2, -0.15) is 0 Å². The van der Waals surface area contributed by atoms with Crippen molar-refractivity contribution in [3.05, 3.63) is 0 Å². The van der Waals surface area contributed by atoms with Gasteiger partial charge in [0, 0.05) is 33.7 Å². The summed E-state index contributed by atoms with van der Waals surface area (Å²) in [6.45, 7) is 11.7. The normalized spacial score (nSPS) is 14.9. The average Bonchev–Trinajstić information content (AvgIpc) is 2.76. The number of rotatable bonds is 26. The molecule has 0 radical (unpaired) electrons. The van der Waals surface area contributed by atoms with Crippen LogP contribution in [0.5, 0.6) is 0 Å². The fraction of sp³-hybridized carbons (Fsp3) is 1.00. The van der Waals surface area contributed by atoms with Gasteiger partial charge < -0.3 is 4.89 Å². The second-order valence-corrected chi connectivity index (χ2v) is 17.7. The van der Waals surface area contributed by atoms with Crippen LogP contribution < -0.4 is 0 Å². The van der Waals surface area contributed by atoms with Gasteiger partial charge in [-0.1, -0.05) is 123 Å². The first-order valence-corrected chi connectivity index (χ1v) is 19.5. The Hall–Kier alpha value is 0.540. The van der Waals surface area contributed by atoms with E-state index in [4.69, 9.17) is 9.05 Å². The van der Waals surface area contributed by atoms with Gasteiger partial charge >= 0.3 is 7.82 Å². The minimum absolute atomic E-state index is 0.157. The van der Waals surface area contributed by atoms with Crippen LogP contribution in [0.2, 0.25) is 0 Å². The summed E-state index contributed by atoms with van der Waals surface area (Å²) in [5.41, 5.74) is 0. The maximum absolute atomic E-state index is 12.6. The zero-order valence-corrected chi connectivity index (χ0v) is 25.5. The summed E-state index contributed by atoms with van der Waals surface area (Å²) in [4.78, 5) is 10.3. The molecule has 0 bridgehead atoms. The van der Waals surface area contributed by atoms with Gasteiger partial charge in [0.1, 0.15) is 0 Å². The summed E-state index contributed by atoms with van der Waals surface area (Å²) in [7, 11) is -4.85. The molecule has 0 saturated carbocycles. The van der Waals surface area contributed by atoms with Crippen LogP contribution in [0.25, 0.3) is 0 Å². The van der Waals surface area contributed by atoms with Crippen molar-refractivity contribution >= 4 is 15.1 Å². The summed E-state index contributed by atoms with van der Waals surface area (Å²) in [5.74, 6) is 0. The van der Waals surface area contributed by atoms with Crippen LogP contribution in [0, 0.1) is 0 Å². The van der Waals surface area contributed by atoms with Gasteiger partial charge in [-0.3, -0.25) is 9.05 Å². The van der Waals surface area contributed by atoms with E-state index in [9.17, 15) is 9.46 Å². The van der Waals surface area contributed by atoms with E-state index in [0.717, 1.165) is 38.3 Å². The van der Waals surface area contributed by atoms with Gasteiger partial charge in [0.25, 0.3) is 0 Å². The molecule has 0 aromatic rings. The van der Waals surface area contributed by atoms with Crippen molar-refractivity contribution in [2.45, 2.75) is 148 Å². The van der Waals surface area contributed by atoms with Gasteiger partial charge in [-0.15, -0.1) is 0 Å². The van der Waals surface area contributed by atoms with Crippen molar-refractivity contribution in [1.82, 2.24) is 0 Å². The van der Waals surface area contributed by atoms with Crippen LogP contribution in [0.4, 0.5) is 0 Å². The summed E-state index contributed by atoms with van der Waals surface area (Å²) < 4.78 is 23.6. The van der Waals surface area contributed by atoms with Gasteiger partial charge in [0.15, 0.2) is 0 Å². The second kappa shape index (κ2) is 22.7. The Kier molecular flexibility index (Phi) is 23.1. The number of phosphoric acid groups is 1. The highest BCUT2D eigenvalue weighted by atomic mass is 31.2. The van der Waals surface area contributed by atoms with E-state index in [1.165, 1.54) is 96.3 Å². The molecule has 0 amide bonds. The van der Waals surface area contributed by atoms with E-state index in [1.807, 2.05) is 0 Å². The fourth-order valence-electron chi connectivity index (χ4n) is 4.38. The first kappa shape index (κ1) is 34.5. The lowest BCUT2D eigenvalue weighted by molar-refractivity contribution is 0.0912.